The second-order valence-corrected chi connectivity index (χ2v) is 6.13. The largest absolute Gasteiger partial charge is 0.299 e. The highest BCUT2D eigenvalue weighted by Gasteiger charge is 2.18. The maximum atomic E-state index is 12.6. The van der Waals surface area contributed by atoms with E-state index in [1.807, 2.05) is 36.4 Å². The monoisotopic (exact) mass is 313 g/mol. The van der Waals surface area contributed by atoms with Crippen LogP contribution in [0.2, 0.25) is 0 Å². The number of benzene rings is 2. The second-order valence-electron chi connectivity index (χ2n) is 5.75. The van der Waals surface area contributed by atoms with E-state index >= 15 is 0 Å². The number of carbonyl (C=O) groups excluding carboxylic acids is 1. The number of alkyl halides is 1. The zero-order valence-electron chi connectivity index (χ0n) is 12.6. The first kappa shape index (κ1) is 15.3. The molecular weight excluding hydrogens is 294 g/mol. The van der Waals surface area contributed by atoms with Crippen molar-refractivity contribution in [3.63, 3.8) is 0 Å². The van der Waals surface area contributed by atoms with Gasteiger partial charge in [-0.15, -0.1) is 11.6 Å². The number of hydrogen-bond donors (Lipinski definition) is 0. The third-order valence-electron chi connectivity index (χ3n) is 4.20. The topological polar surface area (TPSA) is 20.3 Å². The molecule has 1 aliphatic heterocycles. The van der Waals surface area contributed by atoms with Crippen molar-refractivity contribution >= 4 is 17.4 Å². The van der Waals surface area contributed by atoms with E-state index in [1.54, 1.807) is 0 Å². The number of carbonyl (C=O) groups is 1. The van der Waals surface area contributed by atoms with Crippen LogP contribution in [0.3, 0.4) is 0 Å². The van der Waals surface area contributed by atoms with Gasteiger partial charge in [-0.05, 0) is 36.6 Å². The van der Waals surface area contributed by atoms with Gasteiger partial charge >= 0.3 is 0 Å². The number of ketones is 1. The highest BCUT2D eigenvalue weighted by molar-refractivity contribution is 6.17. The van der Waals surface area contributed by atoms with Crippen molar-refractivity contribution in [3.05, 3.63) is 70.8 Å². The fraction of sp³-hybridized carbons (Fsp3) is 0.316. The van der Waals surface area contributed by atoms with Crippen molar-refractivity contribution in [3.8, 4) is 0 Å². The molecule has 0 saturated heterocycles. The lowest BCUT2D eigenvalue weighted by Crippen LogP contribution is -2.31. The van der Waals surface area contributed by atoms with E-state index in [4.69, 9.17) is 11.6 Å². The van der Waals surface area contributed by atoms with E-state index < -0.39 is 0 Å². The zero-order valence-corrected chi connectivity index (χ0v) is 13.4. The zero-order chi connectivity index (χ0) is 15.4. The molecule has 0 fully saturated rings. The summed E-state index contributed by atoms with van der Waals surface area (Å²) in [6, 6.07) is 15.6. The molecule has 2 nitrogen and oxygen atoms in total. The van der Waals surface area contributed by atoms with E-state index in [0.29, 0.717) is 5.88 Å². The Morgan fingerprint density at radius 3 is 2.64 bits per heavy atom. The van der Waals surface area contributed by atoms with E-state index in [9.17, 15) is 4.79 Å². The van der Waals surface area contributed by atoms with Gasteiger partial charge in [0.2, 0.25) is 0 Å². The third-order valence-corrected chi connectivity index (χ3v) is 4.47. The molecule has 0 aliphatic carbocycles. The summed E-state index contributed by atoms with van der Waals surface area (Å²) in [7, 11) is 0. The minimum absolute atomic E-state index is 0.0984. The van der Waals surface area contributed by atoms with E-state index in [-0.39, 0.29) is 5.78 Å². The lowest BCUT2D eigenvalue weighted by atomic mass is 9.94. The molecule has 2 aromatic rings. The van der Waals surface area contributed by atoms with Gasteiger partial charge in [0.05, 0.1) is 0 Å². The summed E-state index contributed by atoms with van der Waals surface area (Å²) in [6.07, 6.45) is 2.07. The molecule has 0 unspecified atom stereocenters. The van der Waals surface area contributed by atoms with Gasteiger partial charge in [-0.3, -0.25) is 9.69 Å². The summed E-state index contributed by atoms with van der Waals surface area (Å²) in [5.41, 5.74) is 4.18. The van der Waals surface area contributed by atoms with Crippen molar-refractivity contribution in [1.82, 2.24) is 4.90 Å². The second kappa shape index (κ2) is 7.08. The van der Waals surface area contributed by atoms with Gasteiger partial charge in [0, 0.05) is 30.1 Å². The van der Waals surface area contributed by atoms with Gasteiger partial charge in [-0.1, -0.05) is 42.5 Å². The Morgan fingerprint density at radius 2 is 1.86 bits per heavy atom. The molecular formula is C19H20ClNO. The molecule has 0 atom stereocenters. The van der Waals surface area contributed by atoms with Gasteiger partial charge in [-0.2, -0.15) is 0 Å². The highest BCUT2D eigenvalue weighted by atomic mass is 35.5. The van der Waals surface area contributed by atoms with Crippen molar-refractivity contribution in [2.75, 3.05) is 19.0 Å². The Kier molecular flexibility index (Phi) is 4.91. The van der Waals surface area contributed by atoms with Gasteiger partial charge < -0.3 is 0 Å². The van der Waals surface area contributed by atoms with Crippen molar-refractivity contribution in [1.29, 1.82) is 0 Å². The standard InChI is InChI=1S/C19H20ClNO/c20-10-4-11-21-12-9-15-7-8-17(13-18(15)14-21)19(22)16-5-2-1-3-6-16/h1-3,5-8,13H,4,9-12,14H2. The first-order valence-corrected chi connectivity index (χ1v) is 8.31. The number of hydrogen-bond acceptors (Lipinski definition) is 2. The Hall–Kier alpha value is -1.64. The third kappa shape index (κ3) is 3.40. The highest BCUT2D eigenvalue weighted by Crippen LogP contribution is 2.22. The Morgan fingerprint density at radius 1 is 1.05 bits per heavy atom. The lowest BCUT2D eigenvalue weighted by molar-refractivity contribution is 0.103. The summed E-state index contributed by atoms with van der Waals surface area (Å²) in [5, 5.41) is 0. The molecule has 3 rings (SSSR count). The number of nitrogens with zero attached hydrogens (tertiary/aromatic N) is 1. The minimum atomic E-state index is 0.0984. The quantitative estimate of drug-likeness (QED) is 0.616. The predicted octanol–water partition coefficient (Wildman–Crippen LogP) is 3.90. The SMILES string of the molecule is O=C(c1ccccc1)c1ccc2c(c1)CN(CCCCl)CC2. The molecule has 1 aliphatic rings. The molecule has 22 heavy (non-hydrogen) atoms. The average Bonchev–Trinajstić information content (AvgIpc) is 2.59. The van der Waals surface area contributed by atoms with E-state index in [1.165, 1.54) is 11.1 Å². The first-order chi connectivity index (χ1) is 10.8. The number of fused-ring (bicyclic) bond motifs is 1. The molecule has 0 spiro atoms. The van der Waals surface area contributed by atoms with Crippen LogP contribution in [0.4, 0.5) is 0 Å². The van der Waals surface area contributed by atoms with Gasteiger partial charge in [0.1, 0.15) is 0 Å². The first-order valence-electron chi connectivity index (χ1n) is 7.78. The smallest absolute Gasteiger partial charge is 0.193 e. The van der Waals surface area contributed by atoms with Crippen LogP contribution in [0.15, 0.2) is 48.5 Å². The molecule has 114 valence electrons. The van der Waals surface area contributed by atoms with Gasteiger partial charge in [0.15, 0.2) is 5.78 Å². The maximum Gasteiger partial charge on any atom is 0.193 e. The Labute approximate surface area is 136 Å². The van der Waals surface area contributed by atoms with Crippen LogP contribution in [-0.4, -0.2) is 29.7 Å². The van der Waals surface area contributed by atoms with Crippen LogP contribution in [-0.2, 0) is 13.0 Å². The molecule has 1 heterocycles. The van der Waals surface area contributed by atoms with Gasteiger partial charge in [0.25, 0.3) is 0 Å². The molecule has 0 saturated carbocycles. The van der Waals surface area contributed by atoms with E-state index in [0.717, 1.165) is 43.6 Å². The van der Waals surface area contributed by atoms with Crippen LogP contribution < -0.4 is 0 Å². The van der Waals surface area contributed by atoms with Crippen LogP contribution in [0.5, 0.6) is 0 Å². The van der Waals surface area contributed by atoms with Crippen LogP contribution in [0, 0.1) is 0 Å². The molecule has 3 heteroatoms. The molecule has 0 aromatic heterocycles. The summed E-state index contributed by atoms with van der Waals surface area (Å²) in [4.78, 5) is 15.0. The predicted molar refractivity (Wildman–Crippen MR) is 90.6 cm³/mol. The molecule has 2 aromatic carbocycles. The summed E-state index contributed by atoms with van der Waals surface area (Å²) in [5.74, 6) is 0.803. The van der Waals surface area contributed by atoms with Crippen molar-refractivity contribution in [2.24, 2.45) is 0 Å². The van der Waals surface area contributed by atoms with Crippen LogP contribution >= 0.6 is 11.6 Å². The fourth-order valence-corrected chi connectivity index (χ4v) is 3.11. The van der Waals surface area contributed by atoms with Gasteiger partial charge in [-0.25, -0.2) is 0 Å². The molecule has 0 amide bonds. The Bertz CT molecular complexity index is 654. The van der Waals surface area contributed by atoms with Crippen LogP contribution in [0.25, 0.3) is 0 Å². The van der Waals surface area contributed by atoms with Crippen molar-refractivity contribution < 1.29 is 4.79 Å². The minimum Gasteiger partial charge on any atom is -0.299 e. The van der Waals surface area contributed by atoms with Crippen LogP contribution in [0.1, 0.15) is 33.5 Å². The Balaban J connectivity index is 1.80. The maximum absolute atomic E-state index is 12.6. The summed E-state index contributed by atoms with van der Waals surface area (Å²) >= 11 is 5.78. The fourth-order valence-electron chi connectivity index (χ4n) is 2.99. The average molecular weight is 314 g/mol. The summed E-state index contributed by atoms with van der Waals surface area (Å²) < 4.78 is 0. The molecule has 0 bridgehead atoms. The summed E-state index contributed by atoms with van der Waals surface area (Å²) in [6.45, 7) is 3.03. The molecule has 0 radical (unpaired) electrons. The number of halogens is 1. The van der Waals surface area contributed by atoms with Crippen molar-refractivity contribution in [2.45, 2.75) is 19.4 Å². The lowest BCUT2D eigenvalue weighted by Gasteiger charge is -2.28. The normalized spacial score (nSPS) is 14.6. The molecule has 0 N–H and O–H groups in total. The number of rotatable bonds is 5. The van der Waals surface area contributed by atoms with E-state index in [2.05, 4.69) is 17.0 Å².